The molecule has 0 saturated carbocycles. The normalized spacial score (nSPS) is 30.4. The molecule has 0 spiro atoms. The van der Waals surface area contributed by atoms with Gasteiger partial charge in [0.15, 0.2) is 11.5 Å². The van der Waals surface area contributed by atoms with Crippen LogP contribution in [0.5, 0.6) is 23.0 Å². The molecule has 12 nitrogen and oxygen atoms in total. The molecule has 4 rings (SSSR count). The molecule has 0 aromatic heterocycles. The number of rotatable bonds is 4. The number of ether oxygens (including phenoxy) is 2. The lowest BCUT2D eigenvalue weighted by molar-refractivity contribution is -0.232. The summed E-state index contributed by atoms with van der Waals surface area (Å²) in [6, 6.07) is 2.66. The van der Waals surface area contributed by atoms with Crippen LogP contribution in [0.2, 0.25) is 0 Å². The standard InChI is InChI=1S/C22H24O12/c1-6-2-7(33-5-24)3-8-10(6)16(27)12-11(14(8)25)18(29)19(30)13(17(12)28)22-21(32)20(31)15(26)9(4-23)34-22/h2-3,5,9,14-16,20-23,25-32H,4H2,1H3/t9-,14?,15-,16?,20+,21-,22+/m1/s1. The first-order valence-corrected chi connectivity index (χ1v) is 10.3. The van der Waals surface area contributed by atoms with Crippen LogP contribution in [0.25, 0.3) is 0 Å². The predicted octanol–water partition coefficient (Wildman–Crippen LogP) is -1.36. The lowest BCUT2D eigenvalue weighted by atomic mass is 9.77. The summed E-state index contributed by atoms with van der Waals surface area (Å²) in [7, 11) is 0. The minimum absolute atomic E-state index is 0.0477. The average molecular weight is 480 g/mol. The van der Waals surface area contributed by atoms with Gasteiger partial charge in [-0.05, 0) is 35.7 Å². The van der Waals surface area contributed by atoms with E-state index in [9.17, 15) is 50.8 Å². The molecular formula is C22H24O12. The molecule has 1 aliphatic heterocycles. The zero-order valence-corrected chi connectivity index (χ0v) is 17.7. The van der Waals surface area contributed by atoms with Crippen LogP contribution in [0.3, 0.4) is 0 Å². The lowest BCUT2D eigenvalue weighted by Gasteiger charge is -2.41. The first-order chi connectivity index (χ1) is 16.0. The second kappa shape index (κ2) is 8.67. The van der Waals surface area contributed by atoms with E-state index in [1.54, 1.807) is 6.92 Å². The summed E-state index contributed by atoms with van der Waals surface area (Å²) < 4.78 is 10.2. The molecule has 2 aromatic carbocycles. The quantitative estimate of drug-likeness (QED) is 0.141. The highest BCUT2D eigenvalue weighted by atomic mass is 16.5. The largest absolute Gasteiger partial charge is 0.507 e. The summed E-state index contributed by atoms with van der Waals surface area (Å²) in [4.78, 5) is 10.7. The molecule has 12 heteroatoms. The van der Waals surface area contributed by atoms with Crippen LogP contribution in [0.4, 0.5) is 0 Å². The van der Waals surface area contributed by atoms with Crippen molar-refractivity contribution in [2.45, 2.75) is 49.7 Å². The number of fused-ring (bicyclic) bond motifs is 2. The summed E-state index contributed by atoms with van der Waals surface area (Å²) >= 11 is 0. The van der Waals surface area contributed by atoms with Crippen molar-refractivity contribution in [1.82, 2.24) is 0 Å². The molecule has 1 saturated heterocycles. The van der Waals surface area contributed by atoms with Crippen molar-refractivity contribution in [1.29, 1.82) is 0 Å². The Labute approximate surface area is 192 Å². The van der Waals surface area contributed by atoms with Crippen LogP contribution >= 0.6 is 0 Å². The van der Waals surface area contributed by atoms with Crippen LogP contribution in [0, 0.1) is 6.92 Å². The van der Waals surface area contributed by atoms with Crippen LogP contribution in [0.15, 0.2) is 12.1 Å². The summed E-state index contributed by atoms with van der Waals surface area (Å²) in [6.07, 6.45) is -11.9. The Kier molecular flexibility index (Phi) is 6.16. The molecule has 184 valence electrons. The van der Waals surface area contributed by atoms with Crippen LogP contribution in [-0.2, 0) is 9.53 Å². The van der Waals surface area contributed by atoms with Gasteiger partial charge in [0.05, 0.1) is 12.2 Å². The highest BCUT2D eigenvalue weighted by Gasteiger charge is 2.48. The third-order valence-corrected chi connectivity index (χ3v) is 6.40. The van der Waals surface area contributed by atoms with Crippen LogP contribution < -0.4 is 4.74 Å². The third kappa shape index (κ3) is 3.39. The van der Waals surface area contributed by atoms with Crippen molar-refractivity contribution in [3.8, 4) is 23.0 Å². The van der Waals surface area contributed by atoms with E-state index in [0.29, 0.717) is 5.56 Å². The minimum Gasteiger partial charge on any atom is -0.507 e. The second-order valence-corrected chi connectivity index (χ2v) is 8.30. The number of aliphatic hydroxyl groups excluding tert-OH is 6. The minimum atomic E-state index is -1.91. The van der Waals surface area contributed by atoms with Crippen molar-refractivity contribution in [3.05, 3.63) is 45.5 Å². The van der Waals surface area contributed by atoms with E-state index in [4.69, 9.17) is 9.47 Å². The Morgan fingerprint density at radius 3 is 2.09 bits per heavy atom. The number of carbonyl (C=O) groups is 1. The molecule has 0 radical (unpaired) electrons. The zero-order chi connectivity index (χ0) is 25.1. The van der Waals surface area contributed by atoms with Gasteiger partial charge in [0.1, 0.15) is 54.2 Å². The van der Waals surface area contributed by atoms with Gasteiger partial charge in [0, 0.05) is 11.1 Å². The Morgan fingerprint density at radius 1 is 0.853 bits per heavy atom. The van der Waals surface area contributed by atoms with E-state index in [1.165, 1.54) is 12.1 Å². The molecule has 2 aliphatic rings. The molecule has 2 aromatic rings. The summed E-state index contributed by atoms with van der Waals surface area (Å²) in [5.74, 6) is -2.77. The van der Waals surface area contributed by atoms with E-state index in [-0.39, 0.29) is 23.3 Å². The average Bonchev–Trinajstić information content (AvgIpc) is 2.79. The fourth-order valence-electron chi connectivity index (χ4n) is 4.75. The fraction of sp³-hybridized carbons (Fsp3) is 0.409. The number of phenols is 3. The van der Waals surface area contributed by atoms with Gasteiger partial charge in [-0.2, -0.15) is 0 Å². The Balaban J connectivity index is 1.92. The van der Waals surface area contributed by atoms with Gasteiger partial charge in [-0.3, -0.25) is 4.79 Å². The number of carbonyl (C=O) groups excluding carboxylic acids is 1. The topological polar surface area (TPSA) is 218 Å². The van der Waals surface area contributed by atoms with Crippen molar-refractivity contribution < 1.29 is 60.2 Å². The number of aryl methyl sites for hydroxylation is 1. The smallest absolute Gasteiger partial charge is 0.298 e. The molecule has 9 N–H and O–H groups in total. The lowest BCUT2D eigenvalue weighted by Crippen LogP contribution is -2.55. The maximum Gasteiger partial charge on any atom is 0.298 e. The molecule has 0 amide bonds. The number of aromatic hydroxyl groups is 3. The van der Waals surface area contributed by atoms with Gasteiger partial charge in [0.2, 0.25) is 0 Å². The molecule has 0 bridgehead atoms. The summed E-state index contributed by atoms with van der Waals surface area (Å²) in [5, 5.41) is 94.6. The molecule has 7 atom stereocenters. The Bertz CT molecular complexity index is 1130. The Hall–Kier alpha value is -2.97. The van der Waals surface area contributed by atoms with Gasteiger partial charge in [0.25, 0.3) is 6.47 Å². The number of benzene rings is 2. The van der Waals surface area contributed by atoms with Gasteiger partial charge in [-0.25, -0.2) is 0 Å². The van der Waals surface area contributed by atoms with E-state index < -0.39 is 83.3 Å². The molecule has 1 aliphatic carbocycles. The van der Waals surface area contributed by atoms with Crippen molar-refractivity contribution in [2.24, 2.45) is 0 Å². The number of hydrogen-bond acceptors (Lipinski definition) is 12. The summed E-state index contributed by atoms with van der Waals surface area (Å²) in [5.41, 5.74) is -0.903. The first-order valence-electron chi connectivity index (χ1n) is 10.3. The monoisotopic (exact) mass is 480 g/mol. The zero-order valence-electron chi connectivity index (χ0n) is 17.7. The van der Waals surface area contributed by atoms with E-state index in [1.807, 2.05) is 0 Å². The first kappa shape index (κ1) is 24.2. The van der Waals surface area contributed by atoms with Crippen molar-refractivity contribution in [2.75, 3.05) is 6.61 Å². The van der Waals surface area contributed by atoms with Gasteiger partial charge >= 0.3 is 0 Å². The van der Waals surface area contributed by atoms with Crippen LogP contribution in [0.1, 0.15) is 51.7 Å². The van der Waals surface area contributed by atoms with Crippen LogP contribution in [-0.4, -0.2) is 83.5 Å². The molecule has 2 unspecified atom stereocenters. The highest BCUT2D eigenvalue weighted by molar-refractivity contribution is 5.69. The van der Waals surface area contributed by atoms with E-state index in [2.05, 4.69) is 0 Å². The Morgan fingerprint density at radius 2 is 1.47 bits per heavy atom. The number of phenolic OH excluding ortho intramolecular Hbond substituents is 3. The van der Waals surface area contributed by atoms with Crippen molar-refractivity contribution >= 4 is 6.47 Å². The third-order valence-electron chi connectivity index (χ3n) is 6.40. The maximum atomic E-state index is 11.1. The second-order valence-electron chi connectivity index (χ2n) is 8.30. The van der Waals surface area contributed by atoms with Gasteiger partial charge < -0.3 is 55.4 Å². The fourth-order valence-corrected chi connectivity index (χ4v) is 4.75. The number of hydrogen-bond donors (Lipinski definition) is 9. The highest BCUT2D eigenvalue weighted by Crippen LogP contribution is 2.56. The number of aliphatic hydroxyl groups is 6. The van der Waals surface area contributed by atoms with Gasteiger partial charge in [-0.1, -0.05) is 0 Å². The molecule has 1 heterocycles. The SMILES string of the molecule is Cc1cc(OC=O)cc2c1C(O)c1c(O)c([C@@H]3O[C@H](CO)[C@@H](O)[C@H](O)[C@H]3O)c(O)c(O)c1C2O. The predicted molar refractivity (Wildman–Crippen MR) is 110 cm³/mol. The maximum absolute atomic E-state index is 11.1. The molecular weight excluding hydrogens is 456 g/mol. The van der Waals surface area contributed by atoms with Crippen molar-refractivity contribution in [3.63, 3.8) is 0 Å². The summed E-state index contributed by atoms with van der Waals surface area (Å²) in [6.45, 7) is 0.939. The van der Waals surface area contributed by atoms with E-state index >= 15 is 0 Å². The van der Waals surface area contributed by atoms with E-state index in [0.717, 1.165) is 0 Å². The molecule has 1 fully saturated rings. The van der Waals surface area contributed by atoms with Gasteiger partial charge in [-0.15, -0.1) is 0 Å². The molecule has 34 heavy (non-hydrogen) atoms.